The molecular weight excluding hydrogens is 393 g/mol. The van der Waals surface area contributed by atoms with Crippen molar-refractivity contribution in [1.29, 1.82) is 0 Å². The standard InChI is InChI=1S/C17H19Cl2N5O3/c1-26-17-22-14(21-16(23-17)24-6-2-3-7-24)9-20-15(25)10-27-13-5-4-11(18)8-12(13)19/h4-5,8H,2-3,6-7,9-10H2,1H3,(H,20,25). The van der Waals surface area contributed by atoms with Crippen molar-refractivity contribution in [1.82, 2.24) is 20.3 Å². The summed E-state index contributed by atoms with van der Waals surface area (Å²) in [6.45, 7) is 1.74. The average molecular weight is 412 g/mol. The molecule has 3 rings (SSSR count). The highest BCUT2D eigenvalue weighted by Crippen LogP contribution is 2.27. The number of rotatable bonds is 7. The molecule has 2 aromatic rings. The van der Waals surface area contributed by atoms with Crippen LogP contribution in [0.3, 0.4) is 0 Å². The number of ether oxygens (including phenoxy) is 2. The third kappa shape index (κ3) is 5.33. The van der Waals surface area contributed by atoms with E-state index in [1.165, 1.54) is 7.11 Å². The molecule has 1 N–H and O–H groups in total. The number of nitrogens with zero attached hydrogens (tertiary/aromatic N) is 4. The van der Waals surface area contributed by atoms with Crippen molar-refractivity contribution in [3.8, 4) is 11.8 Å². The molecule has 0 unspecified atom stereocenters. The van der Waals surface area contributed by atoms with E-state index in [2.05, 4.69) is 25.2 Å². The molecule has 1 aromatic heterocycles. The van der Waals surface area contributed by atoms with Crippen LogP contribution in [0.5, 0.6) is 11.8 Å². The lowest BCUT2D eigenvalue weighted by Crippen LogP contribution is -2.30. The zero-order valence-electron chi connectivity index (χ0n) is 14.7. The van der Waals surface area contributed by atoms with Crippen molar-refractivity contribution in [3.63, 3.8) is 0 Å². The van der Waals surface area contributed by atoms with Crippen LogP contribution in [0.1, 0.15) is 18.7 Å². The quantitative estimate of drug-likeness (QED) is 0.747. The van der Waals surface area contributed by atoms with E-state index in [0.717, 1.165) is 25.9 Å². The van der Waals surface area contributed by atoms with E-state index >= 15 is 0 Å². The number of benzene rings is 1. The number of anilines is 1. The molecule has 1 fully saturated rings. The fourth-order valence-corrected chi connectivity index (χ4v) is 3.04. The fourth-order valence-electron chi connectivity index (χ4n) is 2.58. The summed E-state index contributed by atoms with van der Waals surface area (Å²) in [4.78, 5) is 27.0. The number of carbonyl (C=O) groups excluding carboxylic acids is 1. The predicted molar refractivity (Wildman–Crippen MR) is 102 cm³/mol. The van der Waals surface area contributed by atoms with Gasteiger partial charge in [-0.3, -0.25) is 4.79 Å². The van der Waals surface area contributed by atoms with Gasteiger partial charge in [0.05, 0.1) is 18.7 Å². The van der Waals surface area contributed by atoms with E-state index < -0.39 is 0 Å². The molecule has 1 aromatic carbocycles. The molecule has 0 aliphatic carbocycles. The molecule has 0 bridgehead atoms. The molecule has 1 amide bonds. The van der Waals surface area contributed by atoms with Crippen molar-refractivity contribution >= 4 is 35.1 Å². The van der Waals surface area contributed by atoms with Gasteiger partial charge in [-0.1, -0.05) is 23.2 Å². The Kier molecular flexibility index (Phi) is 6.52. The maximum absolute atomic E-state index is 12.0. The predicted octanol–water partition coefficient (Wildman–Crippen LogP) is 2.48. The van der Waals surface area contributed by atoms with Gasteiger partial charge >= 0.3 is 6.01 Å². The molecule has 8 nitrogen and oxygen atoms in total. The summed E-state index contributed by atoms with van der Waals surface area (Å²) < 4.78 is 10.5. The van der Waals surface area contributed by atoms with Crippen LogP contribution in [0.25, 0.3) is 0 Å². The summed E-state index contributed by atoms with van der Waals surface area (Å²) in [6.07, 6.45) is 2.20. The minimum absolute atomic E-state index is 0.135. The van der Waals surface area contributed by atoms with Crippen molar-refractivity contribution in [2.75, 3.05) is 31.7 Å². The lowest BCUT2D eigenvalue weighted by atomic mass is 10.3. The molecule has 27 heavy (non-hydrogen) atoms. The van der Waals surface area contributed by atoms with Crippen LogP contribution < -0.4 is 19.7 Å². The molecule has 0 saturated carbocycles. The van der Waals surface area contributed by atoms with Crippen LogP contribution in [-0.4, -0.2) is 47.7 Å². The van der Waals surface area contributed by atoms with Crippen LogP contribution in [0.15, 0.2) is 18.2 Å². The SMILES string of the molecule is COc1nc(CNC(=O)COc2ccc(Cl)cc2Cl)nc(N2CCCC2)n1. The van der Waals surface area contributed by atoms with Gasteiger partial charge in [0.25, 0.3) is 5.91 Å². The van der Waals surface area contributed by atoms with Gasteiger partial charge in [0.1, 0.15) is 5.75 Å². The van der Waals surface area contributed by atoms with Gasteiger partial charge in [0, 0.05) is 18.1 Å². The monoisotopic (exact) mass is 411 g/mol. The van der Waals surface area contributed by atoms with Gasteiger partial charge < -0.3 is 19.7 Å². The Labute approximate surface area is 166 Å². The molecule has 1 saturated heterocycles. The first-order valence-corrected chi connectivity index (χ1v) is 9.19. The van der Waals surface area contributed by atoms with Crippen LogP contribution in [-0.2, 0) is 11.3 Å². The molecule has 2 heterocycles. The maximum atomic E-state index is 12.0. The first kappa shape index (κ1) is 19.4. The number of methoxy groups -OCH3 is 1. The summed E-state index contributed by atoms with van der Waals surface area (Å²) in [6, 6.07) is 5.02. The van der Waals surface area contributed by atoms with Gasteiger partial charge in [-0.25, -0.2) is 0 Å². The number of aromatic nitrogens is 3. The second kappa shape index (κ2) is 9.05. The zero-order chi connectivity index (χ0) is 19.2. The molecule has 0 spiro atoms. The van der Waals surface area contributed by atoms with E-state index in [9.17, 15) is 4.79 Å². The second-order valence-corrected chi connectivity index (χ2v) is 6.72. The van der Waals surface area contributed by atoms with Crippen LogP contribution >= 0.6 is 23.2 Å². The highest BCUT2D eigenvalue weighted by molar-refractivity contribution is 6.35. The molecule has 1 aliphatic rings. The van der Waals surface area contributed by atoms with Gasteiger partial charge in [0.2, 0.25) is 5.95 Å². The third-order valence-corrected chi connectivity index (χ3v) is 4.45. The number of amides is 1. The summed E-state index contributed by atoms with van der Waals surface area (Å²) in [5, 5.41) is 3.54. The Morgan fingerprint density at radius 1 is 1.22 bits per heavy atom. The number of nitrogens with one attached hydrogen (secondary N) is 1. The summed E-state index contributed by atoms with van der Waals surface area (Å²) in [5.74, 6) is 1.03. The molecule has 10 heteroatoms. The summed E-state index contributed by atoms with van der Waals surface area (Å²) in [5.41, 5.74) is 0. The van der Waals surface area contributed by atoms with Crippen LogP contribution in [0.2, 0.25) is 10.0 Å². The highest BCUT2D eigenvalue weighted by atomic mass is 35.5. The molecule has 144 valence electrons. The summed E-state index contributed by atoms with van der Waals surface area (Å²) >= 11 is 11.8. The lowest BCUT2D eigenvalue weighted by Gasteiger charge is -2.16. The number of carbonyl (C=O) groups is 1. The van der Waals surface area contributed by atoms with Crippen molar-refractivity contribution in [2.45, 2.75) is 19.4 Å². The Morgan fingerprint density at radius 2 is 2.00 bits per heavy atom. The molecule has 0 radical (unpaired) electrons. The maximum Gasteiger partial charge on any atom is 0.321 e. The van der Waals surface area contributed by atoms with Crippen LogP contribution in [0.4, 0.5) is 5.95 Å². The van der Waals surface area contributed by atoms with Crippen molar-refractivity contribution in [3.05, 3.63) is 34.1 Å². The number of hydrogen-bond acceptors (Lipinski definition) is 7. The lowest BCUT2D eigenvalue weighted by molar-refractivity contribution is -0.123. The number of hydrogen-bond donors (Lipinski definition) is 1. The van der Waals surface area contributed by atoms with Gasteiger partial charge in [0.15, 0.2) is 12.4 Å². The zero-order valence-corrected chi connectivity index (χ0v) is 16.3. The van der Waals surface area contributed by atoms with Gasteiger partial charge in [-0.05, 0) is 31.0 Å². The Morgan fingerprint density at radius 3 is 2.70 bits per heavy atom. The highest BCUT2D eigenvalue weighted by Gasteiger charge is 2.18. The molecule has 1 aliphatic heterocycles. The van der Waals surface area contributed by atoms with Crippen molar-refractivity contribution < 1.29 is 14.3 Å². The van der Waals surface area contributed by atoms with Gasteiger partial charge in [-0.15, -0.1) is 0 Å². The first-order valence-electron chi connectivity index (χ1n) is 8.43. The molecular formula is C17H19Cl2N5O3. The summed E-state index contributed by atoms with van der Waals surface area (Å²) in [7, 11) is 1.50. The topological polar surface area (TPSA) is 89.5 Å². The van der Waals surface area contributed by atoms with Gasteiger partial charge in [-0.2, -0.15) is 15.0 Å². The first-order chi connectivity index (χ1) is 13.0. The van der Waals surface area contributed by atoms with E-state index in [1.807, 2.05) is 0 Å². The van der Waals surface area contributed by atoms with E-state index in [0.29, 0.717) is 27.6 Å². The average Bonchev–Trinajstić information content (AvgIpc) is 3.20. The fraction of sp³-hybridized carbons (Fsp3) is 0.412. The van der Waals surface area contributed by atoms with E-state index in [4.69, 9.17) is 32.7 Å². The van der Waals surface area contributed by atoms with Crippen molar-refractivity contribution in [2.24, 2.45) is 0 Å². The van der Waals surface area contributed by atoms with E-state index in [-0.39, 0.29) is 25.1 Å². The number of halogens is 2. The largest absolute Gasteiger partial charge is 0.482 e. The molecule has 0 atom stereocenters. The Hall–Kier alpha value is -2.32. The Bertz CT molecular complexity index is 815. The van der Waals surface area contributed by atoms with E-state index in [1.54, 1.807) is 18.2 Å². The van der Waals surface area contributed by atoms with Crippen LogP contribution in [0, 0.1) is 0 Å². The Balaban J connectivity index is 1.57. The minimum atomic E-state index is -0.330. The second-order valence-electron chi connectivity index (χ2n) is 5.87. The normalized spacial score (nSPS) is 13.5. The minimum Gasteiger partial charge on any atom is -0.482 e. The smallest absolute Gasteiger partial charge is 0.321 e. The third-order valence-electron chi connectivity index (χ3n) is 3.92.